The van der Waals surface area contributed by atoms with Crippen LogP contribution in [0.3, 0.4) is 0 Å². The average Bonchev–Trinajstić information content (AvgIpc) is 1.56. The van der Waals surface area contributed by atoms with Crippen molar-refractivity contribution in [1.82, 2.24) is 0 Å². The first-order chi connectivity index (χ1) is 44.6. The van der Waals surface area contributed by atoms with E-state index in [0.717, 1.165) is 25.7 Å². The summed E-state index contributed by atoms with van der Waals surface area (Å²) in [5.74, 6) is 0. The Bertz CT molecular complexity index is 3580. The Morgan fingerprint density at radius 3 is 0.724 bits per heavy atom. The van der Waals surface area contributed by atoms with Crippen LogP contribution >= 0.6 is 0 Å². The van der Waals surface area contributed by atoms with Crippen molar-refractivity contribution in [3.8, 4) is 22.3 Å². The molecule has 0 spiro atoms. The molecular formula is C92H112Cl2Si2Zr2-2. The molecule has 0 atom stereocenters. The van der Waals surface area contributed by atoms with E-state index in [1.165, 1.54) is 110 Å². The summed E-state index contributed by atoms with van der Waals surface area (Å²) in [5, 5.41) is 6.06. The first-order valence-electron chi connectivity index (χ1n) is 35.0. The van der Waals surface area contributed by atoms with Gasteiger partial charge in [0.05, 0.1) is 0 Å². The van der Waals surface area contributed by atoms with Gasteiger partial charge in [-0.1, -0.05) is 212 Å². The third-order valence-electron chi connectivity index (χ3n) is 17.9. The Labute approximate surface area is 639 Å². The van der Waals surface area contributed by atoms with E-state index in [4.69, 9.17) is 0 Å². The topological polar surface area (TPSA) is 0 Å². The molecule has 0 fully saturated rings. The standard InChI is InChI=1S/2C29H41.2C12H10Si.2C5H5.2ClH.2Zr/c2*1-26(2,3)22-14-18-13-19-15-23(27(4,5)6)25(29(10,11)12)17-21(19)20(18)16-24(22)28(7,8)9;2*1-3-7-11(8-4-1)13-12-9-5-2-6-10-12;2*1-2-4-5-3-1;;;;/h2*14,16-17H,13H2,1-12H3;2*1-10H;2*1-3H,4H2;2*1H;;/q2*-1;;;2*-1;;;2*+2/p-2. The minimum atomic E-state index is -0.455. The van der Waals surface area contributed by atoms with Gasteiger partial charge in [0.1, 0.15) is 0 Å². The summed E-state index contributed by atoms with van der Waals surface area (Å²) < 4.78 is 0. The molecule has 0 N–H and O–H groups in total. The van der Waals surface area contributed by atoms with Gasteiger partial charge in [-0.2, -0.15) is 47.5 Å². The molecule has 0 bridgehead atoms. The zero-order chi connectivity index (χ0) is 71.0. The van der Waals surface area contributed by atoms with E-state index in [9.17, 15) is 0 Å². The predicted octanol–water partition coefficient (Wildman–Crippen LogP) is 15.8. The molecule has 4 aliphatic rings. The van der Waals surface area contributed by atoms with Gasteiger partial charge in [0.15, 0.2) is 0 Å². The van der Waals surface area contributed by atoms with Crippen LogP contribution in [0.25, 0.3) is 22.3 Å². The van der Waals surface area contributed by atoms with Crippen molar-refractivity contribution in [3.63, 3.8) is 0 Å². The van der Waals surface area contributed by atoms with E-state index in [0.29, 0.717) is 0 Å². The molecule has 12 rings (SSSR count). The average molecular weight is 1530 g/mol. The zero-order valence-corrected chi connectivity index (χ0v) is 72.5. The van der Waals surface area contributed by atoms with Gasteiger partial charge in [-0.05, 0) is 78.7 Å². The molecule has 0 aliphatic heterocycles. The van der Waals surface area contributed by atoms with E-state index >= 15 is 0 Å². The second-order valence-corrected chi connectivity index (χ2v) is 45.8. The molecule has 8 aromatic carbocycles. The molecule has 0 radical (unpaired) electrons. The maximum absolute atomic E-state index is 3.90. The van der Waals surface area contributed by atoms with E-state index in [-0.39, 0.29) is 68.1 Å². The molecule has 0 amide bonds. The molecule has 512 valence electrons. The van der Waals surface area contributed by atoms with Crippen LogP contribution in [-0.2, 0) is 103 Å². The fraction of sp³-hybridized carbons (Fsp3) is 0.391. The Morgan fingerprint density at radius 2 is 0.531 bits per heavy atom. The molecule has 0 unspecified atom stereocenters. The fourth-order valence-corrected chi connectivity index (χ4v) is 20.4. The van der Waals surface area contributed by atoms with Crippen LogP contribution in [0.4, 0.5) is 0 Å². The number of allylic oxidation sites excluding steroid dienone is 8. The summed E-state index contributed by atoms with van der Waals surface area (Å²) in [5.41, 5.74) is 23.0. The summed E-state index contributed by atoms with van der Waals surface area (Å²) in [6.45, 7) is 56.0. The molecule has 0 saturated carbocycles. The Morgan fingerprint density at radius 1 is 0.296 bits per heavy atom. The Balaban J connectivity index is 0.000000232. The third-order valence-corrected chi connectivity index (χ3v) is 30.0. The van der Waals surface area contributed by atoms with Gasteiger partial charge in [-0.3, -0.25) is 12.2 Å². The summed E-state index contributed by atoms with van der Waals surface area (Å²) in [6, 6.07) is 66.1. The number of halogens is 2. The van der Waals surface area contributed by atoms with Gasteiger partial charge >= 0.3 is 200 Å². The zero-order valence-electron chi connectivity index (χ0n) is 64.1. The Kier molecular flexibility index (Phi) is 29.8. The number of benzene rings is 8. The van der Waals surface area contributed by atoms with Crippen molar-refractivity contribution < 1.29 is 71.5 Å². The van der Waals surface area contributed by atoms with Crippen molar-refractivity contribution >= 4 is 31.6 Å². The van der Waals surface area contributed by atoms with Crippen LogP contribution in [0.5, 0.6) is 0 Å². The Hall–Kier alpha value is -4.50. The third kappa shape index (κ3) is 22.7. The molecule has 8 aromatic rings. The number of rotatable bonds is 4. The van der Waals surface area contributed by atoms with Crippen LogP contribution in [0.15, 0.2) is 194 Å². The predicted molar refractivity (Wildman–Crippen MR) is 416 cm³/mol. The van der Waals surface area contributed by atoms with Crippen LogP contribution in [-0.4, -0.2) is 10.9 Å². The van der Waals surface area contributed by atoms with Gasteiger partial charge in [0.2, 0.25) is 0 Å². The molecule has 0 aromatic heterocycles. The molecule has 0 nitrogen and oxygen atoms in total. The van der Waals surface area contributed by atoms with Crippen LogP contribution in [0.1, 0.15) is 246 Å². The molecule has 98 heavy (non-hydrogen) atoms. The number of hydrogen-bond donors (Lipinski definition) is 0. The summed E-state index contributed by atoms with van der Waals surface area (Å²) in [7, 11) is 0. The van der Waals surface area contributed by atoms with Crippen molar-refractivity contribution in [3.05, 3.63) is 285 Å². The molecule has 6 heteroatoms. The van der Waals surface area contributed by atoms with Gasteiger partial charge in [0, 0.05) is 0 Å². The first-order valence-corrected chi connectivity index (χ1v) is 45.3. The molecular weight excluding hydrogens is 1410 g/mol. The molecule has 4 aliphatic carbocycles. The summed E-state index contributed by atoms with van der Waals surface area (Å²) in [4.78, 5) is 0. The van der Waals surface area contributed by atoms with E-state index in [1.807, 2.05) is 24.3 Å². The van der Waals surface area contributed by atoms with Gasteiger partial charge in [0.25, 0.3) is 0 Å². The van der Waals surface area contributed by atoms with Crippen molar-refractivity contribution in [2.24, 2.45) is 0 Å². The second kappa shape index (κ2) is 34.6. The fourth-order valence-electron chi connectivity index (χ4n) is 12.7. The SMILES string of the molecule is CC(C)(C)c1[c-]c2c(cc1C(C)(C)C)-c1cc(C(C)(C)C)c(C(C)(C)C)cc1C2.CC(C)(C)c1[c-]c2c(cc1C(C)(C)C)-c1cc(C(C)(C)C)c(C(C)(C)C)cc1C2.[C-]1=CC=CC1.[C-]1=CC=CC1.[Cl-].[Cl-].[Zr+2]=[Si](c1ccccc1)c1ccccc1.[Zr+2]=[Si](c1ccccc1)c1ccccc1. The summed E-state index contributed by atoms with van der Waals surface area (Å²) in [6.07, 6.45) is 22.0. The molecule has 0 heterocycles. The van der Waals surface area contributed by atoms with Crippen LogP contribution < -0.4 is 45.6 Å². The van der Waals surface area contributed by atoms with E-state index < -0.39 is 10.9 Å². The van der Waals surface area contributed by atoms with Gasteiger partial charge < -0.3 is 24.8 Å². The van der Waals surface area contributed by atoms with Gasteiger partial charge in [-0.25, -0.2) is 24.3 Å². The summed E-state index contributed by atoms with van der Waals surface area (Å²) >= 11 is 3.29. The number of fused-ring (bicyclic) bond motifs is 6. The second-order valence-electron chi connectivity index (χ2n) is 34.6. The molecule has 0 saturated heterocycles. The number of hydrogen-bond acceptors (Lipinski definition) is 0. The first kappa shape index (κ1) is 84.2. The quantitative estimate of drug-likeness (QED) is 0.122. The van der Waals surface area contributed by atoms with Crippen molar-refractivity contribution in [1.29, 1.82) is 0 Å². The van der Waals surface area contributed by atoms with Gasteiger partial charge in [-0.15, -0.1) is 46.2 Å². The van der Waals surface area contributed by atoms with E-state index in [1.54, 1.807) is 46.7 Å². The monoisotopic (exact) mass is 1520 g/mol. The van der Waals surface area contributed by atoms with Crippen LogP contribution in [0, 0.1) is 24.3 Å². The minimum absolute atomic E-state index is 0. The van der Waals surface area contributed by atoms with Crippen LogP contribution in [0.2, 0.25) is 0 Å². The maximum atomic E-state index is 3.90. The normalized spacial score (nSPS) is 13.3. The van der Waals surface area contributed by atoms with Crippen molar-refractivity contribution in [2.45, 2.75) is 235 Å². The van der Waals surface area contributed by atoms with Crippen molar-refractivity contribution in [2.75, 3.05) is 0 Å². The van der Waals surface area contributed by atoms with E-state index in [2.05, 4.69) is 360 Å².